The van der Waals surface area contributed by atoms with E-state index in [1.54, 1.807) is 46.3 Å². The molecular weight excluding hydrogens is 294 g/mol. The smallest absolute Gasteiger partial charge is 0.255 e. The Balaban J connectivity index is 2.50. The number of aromatic nitrogens is 1. The standard InChI is InChI=1S/C17H21N3O3/c1-10-8-14(17(22)20(4)11(2)16(21)18-3)13-7-6-12(23-5)9-15(13)19-10/h6-9,11H,1-5H3,(H,18,21). The van der Waals surface area contributed by atoms with Crippen LogP contribution in [0, 0.1) is 6.92 Å². The molecule has 1 heterocycles. The Morgan fingerprint density at radius 1 is 1.30 bits per heavy atom. The number of carbonyl (C=O) groups excluding carboxylic acids is 2. The average molecular weight is 315 g/mol. The molecular formula is C17H21N3O3. The van der Waals surface area contributed by atoms with Crippen LogP contribution in [0.5, 0.6) is 5.75 Å². The summed E-state index contributed by atoms with van der Waals surface area (Å²) in [6, 6.07) is 6.57. The van der Waals surface area contributed by atoms with E-state index in [1.807, 2.05) is 13.0 Å². The van der Waals surface area contributed by atoms with E-state index in [4.69, 9.17) is 4.74 Å². The van der Waals surface area contributed by atoms with Crippen LogP contribution in [0.2, 0.25) is 0 Å². The van der Waals surface area contributed by atoms with E-state index in [0.717, 1.165) is 11.1 Å². The van der Waals surface area contributed by atoms with Crippen molar-refractivity contribution in [3.05, 3.63) is 35.5 Å². The molecule has 1 atom stereocenters. The Kier molecular flexibility index (Phi) is 4.83. The number of nitrogens with zero attached hydrogens (tertiary/aromatic N) is 2. The fourth-order valence-electron chi connectivity index (χ4n) is 2.40. The van der Waals surface area contributed by atoms with Gasteiger partial charge in [0.05, 0.1) is 18.2 Å². The first-order valence-electron chi connectivity index (χ1n) is 7.33. The number of pyridine rings is 1. The Hall–Kier alpha value is -2.63. The molecule has 6 nitrogen and oxygen atoms in total. The van der Waals surface area contributed by atoms with Crippen LogP contribution in [0.4, 0.5) is 0 Å². The van der Waals surface area contributed by atoms with Gasteiger partial charge >= 0.3 is 0 Å². The Labute approximate surface area is 135 Å². The van der Waals surface area contributed by atoms with Gasteiger partial charge in [-0.15, -0.1) is 0 Å². The number of methoxy groups -OCH3 is 1. The number of aryl methyl sites for hydroxylation is 1. The molecule has 1 unspecified atom stereocenters. The zero-order chi connectivity index (χ0) is 17.1. The Morgan fingerprint density at radius 2 is 2.00 bits per heavy atom. The zero-order valence-electron chi connectivity index (χ0n) is 14.0. The van der Waals surface area contributed by atoms with Gasteiger partial charge in [0.1, 0.15) is 11.8 Å². The molecule has 0 spiro atoms. The van der Waals surface area contributed by atoms with Crippen molar-refractivity contribution in [2.24, 2.45) is 0 Å². The van der Waals surface area contributed by atoms with E-state index in [1.165, 1.54) is 4.90 Å². The molecule has 0 fully saturated rings. The summed E-state index contributed by atoms with van der Waals surface area (Å²) in [5.41, 5.74) is 1.94. The lowest BCUT2D eigenvalue weighted by Gasteiger charge is -2.24. The van der Waals surface area contributed by atoms with Crippen LogP contribution in [-0.2, 0) is 4.79 Å². The minimum absolute atomic E-state index is 0.211. The predicted octanol–water partition coefficient (Wildman–Crippen LogP) is 1.76. The van der Waals surface area contributed by atoms with Gasteiger partial charge in [0.2, 0.25) is 5.91 Å². The molecule has 0 aliphatic heterocycles. The van der Waals surface area contributed by atoms with E-state index in [-0.39, 0.29) is 11.8 Å². The maximum Gasteiger partial charge on any atom is 0.255 e. The molecule has 1 aromatic heterocycles. The second-order valence-electron chi connectivity index (χ2n) is 5.40. The van der Waals surface area contributed by atoms with Crippen molar-refractivity contribution in [2.45, 2.75) is 19.9 Å². The zero-order valence-corrected chi connectivity index (χ0v) is 14.0. The maximum atomic E-state index is 12.8. The van der Waals surface area contributed by atoms with E-state index in [2.05, 4.69) is 10.3 Å². The van der Waals surface area contributed by atoms with Crippen LogP contribution in [0.3, 0.4) is 0 Å². The third-order valence-corrected chi connectivity index (χ3v) is 3.90. The summed E-state index contributed by atoms with van der Waals surface area (Å²) in [6.07, 6.45) is 0. The van der Waals surface area contributed by atoms with Crippen molar-refractivity contribution in [2.75, 3.05) is 21.2 Å². The summed E-state index contributed by atoms with van der Waals surface area (Å²) in [5, 5.41) is 3.29. The maximum absolute atomic E-state index is 12.8. The van der Waals surface area contributed by atoms with Gasteiger partial charge in [-0.05, 0) is 32.0 Å². The molecule has 0 saturated carbocycles. The topological polar surface area (TPSA) is 71.5 Å². The second kappa shape index (κ2) is 6.64. The summed E-state index contributed by atoms with van der Waals surface area (Å²) < 4.78 is 5.21. The molecule has 2 amide bonds. The van der Waals surface area contributed by atoms with Crippen LogP contribution in [0.1, 0.15) is 23.0 Å². The summed E-state index contributed by atoms with van der Waals surface area (Å²) in [6.45, 7) is 3.52. The van der Waals surface area contributed by atoms with Crippen molar-refractivity contribution in [3.63, 3.8) is 0 Å². The number of nitrogens with one attached hydrogen (secondary N) is 1. The van der Waals surface area contributed by atoms with Gasteiger partial charge in [-0.2, -0.15) is 0 Å². The highest BCUT2D eigenvalue weighted by molar-refractivity contribution is 6.07. The van der Waals surface area contributed by atoms with E-state index in [0.29, 0.717) is 16.8 Å². The molecule has 2 aromatic rings. The number of fused-ring (bicyclic) bond motifs is 1. The molecule has 0 radical (unpaired) electrons. The van der Waals surface area contributed by atoms with Gasteiger partial charge in [0.15, 0.2) is 0 Å². The highest BCUT2D eigenvalue weighted by atomic mass is 16.5. The van der Waals surface area contributed by atoms with E-state index in [9.17, 15) is 9.59 Å². The van der Waals surface area contributed by atoms with Gasteiger partial charge in [0.25, 0.3) is 5.91 Å². The molecule has 23 heavy (non-hydrogen) atoms. The molecule has 0 aliphatic carbocycles. The highest BCUT2D eigenvalue weighted by Gasteiger charge is 2.24. The number of hydrogen-bond donors (Lipinski definition) is 1. The van der Waals surface area contributed by atoms with Gasteiger partial charge in [-0.1, -0.05) is 0 Å². The van der Waals surface area contributed by atoms with Crippen LogP contribution >= 0.6 is 0 Å². The molecule has 0 bridgehead atoms. The van der Waals surface area contributed by atoms with Crippen LogP contribution in [0.25, 0.3) is 10.9 Å². The second-order valence-corrected chi connectivity index (χ2v) is 5.40. The van der Waals surface area contributed by atoms with Crippen molar-refractivity contribution in [3.8, 4) is 5.75 Å². The SMILES string of the molecule is CNC(=O)C(C)N(C)C(=O)c1cc(C)nc2cc(OC)ccc12. The number of rotatable bonds is 4. The van der Waals surface area contributed by atoms with Crippen LogP contribution < -0.4 is 10.1 Å². The summed E-state index contributed by atoms with van der Waals surface area (Å²) in [4.78, 5) is 30.5. The summed E-state index contributed by atoms with van der Waals surface area (Å²) in [5.74, 6) is 0.250. The van der Waals surface area contributed by atoms with Gasteiger partial charge in [0, 0.05) is 31.2 Å². The molecule has 0 saturated heterocycles. The Morgan fingerprint density at radius 3 is 2.61 bits per heavy atom. The number of ether oxygens (including phenoxy) is 1. The first-order chi connectivity index (χ1) is 10.9. The number of benzene rings is 1. The predicted molar refractivity (Wildman–Crippen MR) is 88.7 cm³/mol. The van der Waals surface area contributed by atoms with Crippen molar-refractivity contribution in [1.82, 2.24) is 15.2 Å². The first kappa shape index (κ1) is 16.7. The highest BCUT2D eigenvalue weighted by Crippen LogP contribution is 2.24. The number of likely N-dealkylation sites (N-methyl/N-ethyl adjacent to an activating group) is 2. The summed E-state index contributed by atoms with van der Waals surface area (Å²) in [7, 11) is 4.75. The summed E-state index contributed by atoms with van der Waals surface area (Å²) >= 11 is 0. The Bertz CT molecular complexity index is 758. The number of hydrogen-bond acceptors (Lipinski definition) is 4. The van der Waals surface area contributed by atoms with Gasteiger partial charge < -0.3 is 15.0 Å². The molecule has 0 aliphatic rings. The van der Waals surface area contributed by atoms with Crippen molar-refractivity contribution >= 4 is 22.7 Å². The fourth-order valence-corrected chi connectivity index (χ4v) is 2.40. The quantitative estimate of drug-likeness (QED) is 0.933. The van der Waals surface area contributed by atoms with Crippen molar-refractivity contribution < 1.29 is 14.3 Å². The molecule has 6 heteroatoms. The third-order valence-electron chi connectivity index (χ3n) is 3.90. The lowest BCUT2D eigenvalue weighted by molar-refractivity contribution is -0.124. The minimum atomic E-state index is -0.561. The average Bonchev–Trinajstić information content (AvgIpc) is 2.57. The third kappa shape index (κ3) is 3.26. The van der Waals surface area contributed by atoms with Gasteiger partial charge in [-0.3, -0.25) is 14.6 Å². The molecule has 122 valence electrons. The lowest BCUT2D eigenvalue weighted by Crippen LogP contribution is -2.44. The molecule has 2 rings (SSSR count). The normalized spacial score (nSPS) is 11.9. The van der Waals surface area contributed by atoms with Crippen LogP contribution in [-0.4, -0.2) is 48.9 Å². The monoisotopic (exact) mass is 315 g/mol. The minimum Gasteiger partial charge on any atom is -0.497 e. The van der Waals surface area contributed by atoms with E-state index >= 15 is 0 Å². The van der Waals surface area contributed by atoms with Gasteiger partial charge in [-0.25, -0.2) is 0 Å². The molecule has 1 N–H and O–H groups in total. The lowest BCUT2D eigenvalue weighted by atomic mass is 10.1. The van der Waals surface area contributed by atoms with Crippen molar-refractivity contribution in [1.29, 1.82) is 0 Å². The van der Waals surface area contributed by atoms with Crippen LogP contribution in [0.15, 0.2) is 24.3 Å². The number of carbonyl (C=O) groups is 2. The van der Waals surface area contributed by atoms with E-state index < -0.39 is 6.04 Å². The molecule has 1 aromatic carbocycles. The first-order valence-corrected chi connectivity index (χ1v) is 7.33. The number of amides is 2. The fraction of sp³-hybridized carbons (Fsp3) is 0.353. The largest absolute Gasteiger partial charge is 0.497 e.